The molecule has 118 valence electrons. The summed E-state index contributed by atoms with van der Waals surface area (Å²) in [7, 11) is 1.65. The van der Waals surface area contributed by atoms with E-state index in [9.17, 15) is 4.79 Å². The first-order valence-electron chi connectivity index (χ1n) is 7.54. The highest BCUT2D eigenvalue weighted by Crippen LogP contribution is 2.41. The largest absolute Gasteiger partial charge is 0.496 e. The van der Waals surface area contributed by atoms with E-state index in [2.05, 4.69) is 4.98 Å². The number of hydrogen-bond donors (Lipinski definition) is 2. The Morgan fingerprint density at radius 1 is 1.22 bits per heavy atom. The van der Waals surface area contributed by atoms with Crippen LogP contribution in [-0.2, 0) is 10.2 Å². The van der Waals surface area contributed by atoms with Crippen LogP contribution in [0.4, 0.5) is 0 Å². The van der Waals surface area contributed by atoms with Gasteiger partial charge in [-0.15, -0.1) is 0 Å². The molecular formula is C19H20N2O2. The first-order chi connectivity index (χ1) is 11.0. The Bertz CT molecular complexity index is 839. The van der Waals surface area contributed by atoms with Gasteiger partial charge in [0.15, 0.2) is 0 Å². The standard InChI is InChI=1S/C19H20N2O2/c1-19(12-18(20)22,14-6-4-3-5-7-14)15-11-16-13(8-9-21-16)10-17(15)23-2/h3-11,21H,12H2,1-2H3,(H2,20,22). The molecule has 4 nitrogen and oxygen atoms in total. The van der Waals surface area contributed by atoms with Crippen LogP contribution in [0.3, 0.4) is 0 Å². The van der Waals surface area contributed by atoms with Crippen LogP contribution in [0.15, 0.2) is 54.7 Å². The summed E-state index contributed by atoms with van der Waals surface area (Å²) >= 11 is 0. The molecule has 1 atom stereocenters. The van der Waals surface area contributed by atoms with Gasteiger partial charge in [-0.25, -0.2) is 0 Å². The van der Waals surface area contributed by atoms with Crippen molar-refractivity contribution in [1.82, 2.24) is 4.98 Å². The lowest BCUT2D eigenvalue weighted by Gasteiger charge is -2.31. The number of nitrogens with one attached hydrogen (secondary N) is 1. The number of nitrogens with two attached hydrogens (primary N) is 1. The third-order valence-electron chi connectivity index (χ3n) is 4.41. The van der Waals surface area contributed by atoms with Gasteiger partial charge in [-0.05, 0) is 23.8 Å². The van der Waals surface area contributed by atoms with Crippen molar-refractivity contribution in [3.05, 3.63) is 65.9 Å². The summed E-state index contributed by atoms with van der Waals surface area (Å²) in [5.41, 5.74) is 7.97. The second-order valence-electron chi connectivity index (χ2n) is 5.96. The molecule has 0 saturated carbocycles. The van der Waals surface area contributed by atoms with E-state index in [-0.39, 0.29) is 12.3 Å². The van der Waals surface area contributed by atoms with Crippen LogP contribution >= 0.6 is 0 Å². The summed E-state index contributed by atoms with van der Waals surface area (Å²) in [6.45, 7) is 2.03. The highest BCUT2D eigenvalue weighted by molar-refractivity contribution is 5.84. The van der Waals surface area contributed by atoms with Crippen LogP contribution in [-0.4, -0.2) is 18.0 Å². The second-order valence-corrected chi connectivity index (χ2v) is 5.96. The number of methoxy groups -OCH3 is 1. The highest BCUT2D eigenvalue weighted by atomic mass is 16.5. The van der Waals surface area contributed by atoms with Gasteiger partial charge in [-0.2, -0.15) is 0 Å². The summed E-state index contributed by atoms with van der Waals surface area (Å²) < 4.78 is 5.61. The lowest BCUT2D eigenvalue weighted by molar-refractivity contribution is -0.118. The van der Waals surface area contributed by atoms with E-state index in [1.807, 2.05) is 61.7 Å². The van der Waals surface area contributed by atoms with Gasteiger partial charge < -0.3 is 15.5 Å². The second kappa shape index (κ2) is 5.80. The molecular weight excluding hydrogens is 288 g/mol. The van der Waals surface area contributed by atoms with E-state index in [1.54, 1.807) is 7.11 Å². The molecule has 23 heavy (non-hydrogen) atoms. The molecule has 2 aromatic carbocycles. The zero-order chi connectivity index (χ0) is 16.4. The summed E-state index contributed by atoms with van der Waals surface area (Å²) in [6.07, 6.45) is 2.10. The van der Waals surface area contributed by atoms with Crippen LogP contribution in [0.2, 0.25) is 0 Å². The van der Waals surface area contributed by atoms with Gasteiger partial charge >= 0.3 is 0 Å². The Morgan fingerprint density at radius 3 is 2.61 bits per heavy atom. The van der Waals surface area contributed by atoms with Crippen LogP contribution in [0, 0.1) is 0 Å². The zero-order valence-corrected chi connectivity index (χ0v) is 13.3. The third kappa shape index (κ3) is 2.68. The van der Waals surface area contributed by atoms with Gasteiger partial charge in [-0.3, -0.25) is 4.79 Å². The maximum atomic E-state index is 11.7. The molecule has 0 bridgehead atoms. The average Bonchev–Trinajstić information content (AvgIpc) is 3.01. The molecule has 3 N–H and O–H groups in total. The van der Waals surface area contributed by atoms with Crippen LogP contribution in [0.5, 0.6) is 5.75 Å². The molecule has 0 saturated heterocycles. The van der Waals surface area contributed by atoms with E-state index in [1.165, 1.54) is 0 Å². The number of benzene rings is 2. The Labute approximate surface area is 135 Å². The topological polar surface area (TPSA) is 68.1 Å². The first-order valence-corrected chi connectivity index (χ1v) is 7.54. The van der Waals surface area contributed by atoms with Crippen molar-refractivity contribution in [2.75, 3.05) is 7.11 Å². The number of aromatic nitrogens is 1. The van der Waals surface area contributed by atoms with E-state index in [0.29, 0.717) is 0 Å². The molecule has 0 radical (unpaired) electrons. The number of fused-ring (bicyclic) bond motifs is 1. The predicted molar refractivity (Wildman–Crippen MR) is 91.6 cm³/mol. The van der Waals surface area contributed by atoms with Gasteiger partial charge in [0.25, 0.3) is 0 Å². The van der Waals surface area contributed by atoms with Gasteiger partial charge in [0.2, 0.25) is 5.91 Å². The fourth-order valence-electron chi connectivity index (χ4n) is 3.19. The summed E-state index contributed by atoms with van der Waals surface area (Å²) in [4.78, 5) is 15.0. The maximum Gasteiger partial charge on any atom is 0.218 e. The van der Waals surface area contributed by atoms with E-state index < -0.39 is 5.41 Å². The quantitative estimate of drug-likeness (QED) is 0.759. The molecule has 0 aliphatic rings. The van der Waals surface area contributed by atoms with Crippen LogP contribution in [0.1, 0.15) is 24.5 Å². The van der Waals surface area contributed by atoms with Crippen molar-refractivity contribution in [1.29, 1.82) is 0 Å². The molecule has 1 aromatic heterocycles. The van der Waals surface area contributed by atoms with E-state index in [0.717, 1.165) is 27.8 Å². The van der Waals surface area contributed by atoms with Crippen LogP contribution < -0.4 is 10.5 Å². The number of primary amides is 1. The fraction of sp³-hybridized carbons (Fsp3) is 0.211. The third-order valence-corrected chi connectivity index (χ3v) is 4.41. The van der Waals surface area contributed by atoms with Crippen molar-refractivity contribution in [2.24, 2.45) is 5.73 Å². The molecule has 3 rings (SSSR count). The van der Waals surface area contributed by atoms with Crippen molar-refractivity contribution >= 4 is 16.8 Å². The van der Waals surface area contributed by atoms with Gasteiger partial charge in [0.1, 0.15) is 5.75 Å². The minimum atomic E-state index is -0.558. The zero-order valence-electron chi connectivity index (χ0n) is 13.3. The maximum absolute atomic E-state index is 11.7. The molecule has 1 unspecified atom stereocenters. The number of carbonyl (C=O) groups excluding carboxylic acids is 1. The highest BCUT2D eigenvalue weighted by Gasteiger charge is 2.34. The minimum absolute atomic E-state index is 0.208. The molecule has 1 heterocycles. The lowest BCUT2D eigenvalue weighted by atomic mass is 9.73. The number of carbonyl (C=O) groups is 1. The smallest absolute Gasteiger partial charge is 0.218 e. The van der Waals surface area contributed by atoms with Crippen molar-refractivity contribution < 1.29 is 9.53 Å². The molecule has 3 aromatic rings. The lowest BCUT2D eigenvalue weighted by Crippen LogP contribution is -2.31. The van der Waals surface area contributed by atoms with Crippen molar-refractivity contribution in [3.8, 4) is 5.75 Å². The van der Waals surface area contributed by atoms with Gasteiger partial charge in [-0.1, -0.05) is 37.3 Å². The van der Waals surface area contributed by atoms with Gasteiger partial charge in [0, 0.05) is 34.5 Å². The van der Waals surface area contributed by atoms with Crippen molar-refractivity contribution in [3.63, 3.8) is 0 Å². The van der Waals surface area contributed by atoms with E-state index >= 15 is 0 Å². The Kier molecular flexibility index (Phi) is 3.82. The first kappa shape index (κ1) is 15.2. The average molecular weight is 308 g/mol. The normalized spacial score (nSPS) is 13.7. The Balaban J connectivity index is 2.26. The number of H-pyrrole nitrogens is 1. The minimum Gasteiger partial charge on any atom is -0.496 e. The monoisotopic (exact) mass is 308 g/mol. The molecule has 0 aliphatic carbocycles. The summed E-state index contributed by atoms with van der Waals surface area (Å²) in [6, 6.07) is 16.0. The Morgan fingerprint density at radius 2 is 1.96 bits per heavy atom. The van der Waals surface area contributed by atoms with Gasteiger partial charge in [0.05, 0.1) is 7.11 Å². The summed E-state index contributed by atoms with van der Waals surface area (Å²) in [5.74, 6) is 0.412. The Hall–Kier alpha value is -2.75. The molecule has 1 amide bonds. The molecule has 4 heteroatoms. The molecule has 0 aliphatic heterocycles. The molecule has 0 fully saturated rings. The number of hydrogen-bond acceptors (Lipinski definition) is 2. The summed E-state index contributed by atoms with van der Waals surface area (Å²) in [5, 5.41) is 1.07. The number of amides is 1. The molecule has 0 spiro atoms. The SMILES string of the molecule is COc1cc2cc[nH]c2cc1C(C)(CC(N)=O)c1ccccc1. The number of rotatable bonds is 5. The van der Waals surface area contributed by atoms with Crippen LogP contribution in [0.25, 0.3) is 10.9 Å². The fourth-order valence-corrected chi connectivity index (χ4v) is 3.19. The van der Waals surface area contributed by atoms with E-state index in [4.69, 9.17) is 10.5 Å². The van der Waals surface area contributed by atoms with Crippen molar-refractivity contribution in [2.45, 2.75) is 18.8 Å². The number of aromatic amines is 1. The predicted octanol–water partition coefficient (Wildman–Crippen LogP) is 3.36. The number of ether oxygens (including phenoxy) is 1.